The molecule has 1 fully saturated rings. The Morgan fingerprint density at radius 1 is 1.31 bits per heavy atom. The molecule has 6 nitrogen and oxygen atoms in total. The Morgan fingerprint density at radius 3 is 2.73 bits per heavy atom. The molecule has 2 heterocycles. The van der Waals surface area contributed by atoms with Crippen LogP contribution in [-0.2, 0) is 20.9 Å². The van der Waals surface area contributed by atoms with E-state index in [1.165, 1.54) is 6.07 Å². The lowest BCUT2D eigenvalue weighted by Crippen LogP contribution is -2.39. The molecule has 1 amide bonds. The third-order valence-electron chi connectivity index (χ3n) is 4.81. The lowest BCUT2D eigenvalue weighted by molar-refractivity contribution is -0.151. The Bertz CT molecular complexity index is 902. The lowest BCUT2D eigenvalue weighted by Gasteiger charge is -2.21. The molecule has 0 aliphatic carbocycles. The Hall–Kier alpha value is -2.63. The van der Waals surface area contributed by atoms with Gasteiger partial charge < -0.3 is 14.5 Å². The summed E-state index contributed by atoms with van der Waals surface area (Å²) >= 11 is 0. The van der Waals surface area contributed by atoms with E-state index in [0.717, 1.165) is 16.5 Å². The first kappa shape index (κ1) is 18.2. The van der Waals surface area contributed by atoms with Crippen LogP contribution < -0.4 is 10.9 Å². The molecule has 3 rings (SSSR count). The number of esters is 1. The van der Waals surface area contributed by atoms with Crippen molar-refractivity contribution in [2.45, 2.75) is 46.1 Å². The second-order valence-electron chi connectivity index (χ2n) is 7.10. The van der Waals surface area contributed by atoms with Crippen LogP contribution in [0.1, 0.15) is 49.3 Å². The average Bonchev–Trinajstić information content (AvgIpc) is 2.59. The third-order valence-corrected chi connectivity index (χ3v) is 4.81. The van der Waals surface area contributed by atoms with Gasteiger partial charge >= 0.3 is 11.6 Å². The molecule has 6 heteroatoms. The number of ether oxygens (including phenoxy) is 1. The summed E-state index contributed by atoms with van der Waals surface area (Å²) in [5.41, 5.74) is 2.88. The average molecular weight is 357 g/mol. The Labute approximate surface area is 151 Å². The second kappa shape index (κ2) is 7.32. The summed E-state index contributed by atoms with van der Waals surface area (Å²) in [6, 6.07) is 5.23. The van der Waals surface area contributed by atoms with Crippen LogP contribution >= 0.6 is 0 Å². The second-order valence-corrected chi connectivity index (χ2v) is 7.10. The fourth-order valence-corrected chi connectivity index (χ4v) is 3.33. The van der Waals surface area contributed by atoms with Gasteiger partial charge in [-0.1, -0.05) is 13.8 Å². The fourth-order valence-electron chi connectivity index (χ4n) is 3.33. The molecule has 0 spiro atoms. The van der Waals surface area contributed by atoms with Crippen LogP contribution in [-0.4, -0.2) is 18.4 Å². The van der Waals surface area contributed by atoms with E-state index in [1.54, 1.807) is 0 Å². The van der Waals surface area contributed by atoms with E-state index >= 15 is 0 Å². The normalized spacial score (nSPS) is 17.4. The van der Waals surface area contributed by atoms with Gasteiger partial charge in [-0.05, 0) is 42.5 Å². The number of fused-ring (bicyclic) bond motifs is 1. The summed E-state index contributed by atoms with van der Waals surface area (Å²) < 4.78 is 10.7. The standard InChI is InChI=1S/C20H23NO5/c1-11(2)15-8-16-14(7-19(23)26-17(16)6-12(15)3)10-25-20(24)13-4-5-18(22)21-9-13/h6-8,11,13H,4-5,9-10H2,1-3H3,(H,21,22)/t13-/m1/s1. The first-order valence-corrected chi connectivity index (χ1v) is 8.85. The number of rotatable bonds is 4. The van der Waals surface area contributed by atoms with Crippen LogP contribution in [0.2, 0.25) is 0 Å². The maximum atomic E-state index is 12.3. The third kappa shape index (κ3) is 3.79. The molecule has 0 radical (unpaired) electrons. The van der Waals surface area contributed by atoms with E-state index in [0.29, 0.717) is 36.5 Å². The number of aryl methyl sites for hydroxylation is 1. The molecule has 138 valence electrons. The fraction of sp³-hybridized carbons (Fsp3) is 0.450. The monoisotopic (exact) mass is 357 g/mol. The van der Waals surface area contributed by atoms with Crippen molar-refractivity contribution in [3.05, 3.63) is 45.3 Å². The highest BCUT2D eigenvalue weighted by molar-refractivity contribution is 5.83. The zero-order valence-corrected chi connectivity index (χ0v) is 15.3. The van der Waals surface area contributed by atoms with E-state index in [4.69, 9.17) is 9.15 Å². The highest BCUT2D eigenvalue weighted by Crippen LogP contribution is 2.27. The minimum absolute atomic E-state index is 0.00593. The number of carbonyl (C=O) groups is 2. The van der Waals surface area contributed by atoms with Crippen molar-refractivity contribution in [2.24, 2.45) is 5.92 Å². The van der Waals surface area contributed by atoms with Gasteiger partial charge in [-0.15, -0.1) is 0 Å². The summed E-state index contributed by atoms with van der Waals surface area (Å²) in [7, 11) is 0. The Balaban J connectivity index is 1.84. The van der Waals surface area contributed by atoms with Gasteiger partial charge in [-0.3, -0.25) is 9.59 Å². The predicted molar refractivity (Wildman–Crippen MR) is 96.8 cm³/mol. The largest absolute Gasteiger partial charge is 0.461 e. The van der Waals surface area contributed by atoms with Crippen molar-refractivity contribution in [2.75, 3.05) is 6.54 Å². The van der Waals surface area contributed by atoms with Gasteiger partial charge in [0.2, 0.25) is 5.91 Å². The SMILES string of the molecule is Cc1cc2oc(=O)cc(COC(=O)[C@@H]3CCC(=O)NC3)c2cc1C(C)C. The summed E-state index contributed by atoms with van der Waals surface area (Å²) in [5.74, 6) is -0.417. The Morgan fingerprint density at radius 2 is 2.08 bits per heavy atom. The molecule has 1 saturated heterocycles. The van der Waals surface area contributed by atoms with E-state index < -0.39 is 5.63 Å². The molecule has 0 bridgehead atoms. The number of piperidine rings is 1. The number of amides is 1. The number of hydrogen-bond donors (Lipinski definition) is 1. The molecule has 1 aromatic heterocycles. The smallest absolute Gasteiger partial charge is 0.336 e. The van der Waals surface area contributed by atoms with Crippen molar-refractivity contribution < 1.29 is 18.7 Å². The van der Waals surface area contributed by atoms with Gasteiger partial charge in [0.05, 0.1) is 5.92 Å². The number of hydrogen-bond acceptors (Lipinski definition) is 5. The maximum Gasteiger partial charge on any atom is 0.336 e. The molecule has 0 saturated carbocycles. The molecule has 1 aromatic carbocycles. The number of carbonyl (C=O) groups excluding carboxylic acids is 2. The maximum absolute atomic E-state index is 12.3. The molecule has 26 heavy (non-hydrogen) atoms. The van der Waals surface area contributed by atoms with Crippen molar-refractivity contribution in [3.63, 3.8) is 0 Å². The zero-order valence-electron chi connectivity index (χ0n) is 15.3. The first-order chi connectivity index (χ1) is 12.3. The molecule has 2 aromatic rings. The van der Waals surface area contributed by atoms with E-state index in [1.807, 2.05) is 19.1 Å². The van der Waals surface area contributed by atoms with Crippen LogP contribution in [0.15, 0.2) is 27.4 Å². The van der Waals surface area contributed by atoms with Crippen molar-refractivity contribution in [3.8, 4) is 0 Å². The van der Waals surface area contributed by atoms with E-state index in [-0.39, 0.29) is 24.4 Å². The predicted octanol–water partition coefficient (Wildman–Crippen LogP) is 2.79. The van der Waals surface area contributed by atoms with Crippen LogP contribution in [0.3, 0.4) is 0 Å². The van der Waals surface area contributed by atoms with Gasteiger partial charge in [0.25, 0.3) is 0 Å². The van der Waals surface area contributed by atoms with E-state index in [2.05, 4.69) is 19.2 Å². The van der Waals surface area contributed by atoms with Crippen molar-refractivity contribution in [1.29, 1.82) is 0 Å². The molecular weight excluding hydrogens is 334 g/mol. The molecule has 1 N–H and O–H groups in total. The number of nitrogens with one attached hydrogen (secondary N) is 1. The molecular formula is C20H23NO5. The lowest BCUT2D eigenvalue weighted by atomic mass is 9.95. The van der Waals surface area contributed by atoms with Crippen LogP contribution in [0, 0.1) is 12.8 Å². The highest BCUT2D eigenvalue weighted by Gasteiger charge is 2.26. The minimum atomic E-state index is -0.467. The molecule has 1 atom stereocenters. The minimum Gasteiger partial charge on any atom is -0.461 e. The molecule has 1 aliphatic rings. The quantitative estimate of drug-likeness (QED) is 0.672. The molecule has 1 aliphatic heterocycles. The van der Waals surface area contributed by atoms with Crippen LogP contribution in [0.4, 0.5) is 0 Å². The summed E-state index contributed by atoms with van der Waals surface area (Å²) in [5, 5.41) is 3.45. The van der Waals surface area contributed by atoms with Crippen molar-refractivity contribution >= 4 is 22.8 Å². The van der Waals surface area contributed by atoms with Crippen LogP contribution in [0.5, 0.6) is 0 Å². The van der Waals surface area contributed by atoms with Crippen LogP contribution in [0.25, 0.3) is 11.0 Å². The van der Waals surface area contributed by atoms with Crippen molar-refractivity contribution in [1.82, 2.24) is 5.32 Å². The Kier molecular flexibility index (Phi) is 5.11. The van der Waals surface area contributed by atoms with E-state index in [9.17, 15) is 14.4 Å². The molecule has 0 unspecified atom stereocenters. The summed E-state index contributed by atoms with van der Waals surface area (Å²) in [6.07, 6.45) is 0.813. The summed E-state index contributed by atoms with van der Waals surface area (Å²) in [4.78, 5) is 35.3. The highest BCUT2D eigenvalue weighted by atomic mass is 16.5. The van der Waals surface area contributed by atoms with Gasteiger partial charge in [0.1, 0.15) is 12.2 Å². The zero-order chi connectivity index (χ0) is 18.8. The topological polar surface area (TPSA) is 85.6 Å². The number of benzene rings is 1. The van der Waals surface area contributed by atoms with Gasteiger partial charge in [-0.25, -0.2) is 4.79 Å². The summed E-state index contributed by atoms with van der Waals surface area (Å²) in [6.45, 7) is 6.49. The van der Waals surface area contributed by atoms with Gasteiger partial charge in [-0.2, -0.15) is 0 Å². The van der Waals surface area contributed by atoms with Gasteiger partial charge in [0, 0.05) is 30.0 Å². The first-order valence-electron chi connectivity index (χ1n) is 8.85. The van der Waals surface area contributed by atoms with Gasteiger partial charge in [0.15, 0.2) is 0 Å².